The number of carboxylic acids is 1. The number of hydrogen-bond acceptors (Lipinski definition) is 5. The molecule has 0 saturated carbocycles. The van der Waals surface area contributed by atoms with E-state index in [1.54, 1.807) is 6.08 Å². The van der Waals surface area contributed by atoms with Gasteiger partial charge in [0.25, 0.3) is 5.91 Å². The van der Waals surface area contributed by atoms with Gasteiger partial charge < -0.3 is 9.90 Å². The summed E-state index contributed by atoms with van der Waals surface area (Å²) in [6, 6.07) is 7.89. The normalized spacial score (nSPS) is 17.1. The van der Waals surface area contributed by atoms with Gasteiger partial charge in [-0.25, -0.2) is 0 Å². The Morgan fingerprint density at radius 2 is 2.00 bits per heavy atom. The number of amides is 1. The topological polar surface area (TPSA) is 60.4 Å². The second-order valence-corrected chi connectivity index (χ2v) is 6.64. The maximum absolute atomic E-state index is 12.1. The summed E-state index contributed by atoms with van der Waals surface area (Å²) < 4.78 is 0.245. The van der Waals surface area contributed by atoms with Crippen LogP contribution in [0.2, 0.25) is 0 Å². The molecular weight excluding hydrogens is 306 g/mol. The minimum Gasteiger partial charge on any atom is -0.548 e. The first-order valence-corrected chi connectivity index (χ1v) is 7.66. The first kappa shape index (κ1) is 15.7. The summed E-state index contributed by atoms with van der Waals surface area (Å²) in [4.78, 5) is 24.2. The van der Waals surface area contributed by atoms with Crippen molar-refractivity contribution in [3.8, 4) is 0 Å². The lowest BCUT2D eigenvalue weighted by Crippen LogP contribution is -2.40. The molecule has 0 radical (unpaired) electrons. The van der Waals surface area contributed by atoms with E-state index in [1.807, 2.05) is 24.3 Å². The number of carboxylic acid groups (broad SMARTS) is 1. The number of nitrogens with zero attached hydrogens (tertiary/aromatic N) is 1. The van der Waals surface area contributed by atoms with Crippen LogP contribution in [0.25, 0.3) is 6.08 Å². The van der Waals surface area contributed by atoms with Crippen molar-refractivity contribution in [1.82, 2.24) is 4.90 Å². The number of benzene rings is 1. The molecule has 110 valence electrons. The largest absolute Gasteiger partial charge is 0.548 e. The van der Waals surface area contributed by atoms with Gasteiger partial charge in [-0.15, -0.1) is 0 Å². The summed E-state index contributed by atoms with van der Waals surface area (Å²) in [5.74, 6) is -1.27. The van der Waals surface area contributed by atoms with E-state index < -0.39 is 12.5 Å². The summed E-state index contributed by atoms with van der Waals surface area (Å²) in [5.41, 5.74) is 2.10. The Bertz CT molecular complexity index is 620. The van der Waals surface area contributed by atoms with Crippen LogP contribution < -0.4 is 5.11 Å². The van der Waals surface area contributed by atoms with Gasteiger partial charge in [0.05, 0.1) is 17.4 Å². The molecule has 0 aromatic heterocycles. The molecule has 2 rings (SSSR count). The van der Waals surface area contributed by atoms with Crippen LogP contribution in [0.15, 0.2) is 29.2 Å². The third kappa shape index (κ3) is 3.71. The zero-order chi connectivity index (χ0) is 15.6. The molecule has 0 unspecified atom stereocenters. The number of thioether (sulfide) groups is 1. The SMILES string of the molecule is CC(C)c1ccc(/C=C2\SC(=S)N(CC(=O)[O-])C2=O)cc1. The lowest BCUT2D eigenvalue weighted by Gasteiger charge is -2.14. The van der Waals surface area contributed by atoms with Gasteiger partial charge in [-0.1, -0.05) is 62.1 Å². The maximum Gasteiger partial charge on any atom is 0.266 e. The molecule has 0 bridgehead atoms. The highest BCUT2D eigenvalue weighted by Gasteiger charge is 2.31. The lowest BCUT2D eigenvalue weighted by molar-refractivity contribution is -0.305. The number of thiocarbonyl (C=S) groups is 1. The van der Waals surface area contributed by atoms with E-state index in [2.05, 4.69) is 13.8 Å². The second kappa shape index (κ2) is 6.41. The Balaban J connectivity index is 2.20. The molecule has 1 aliphatic heterocycles. The van der Waals surface area contributed by atoms with E-state index >= 15 is 0 Å². The standard InChI is InChI=1S/C15H15NO3S2/c1-9(2)11-5-3-10(4-6-11)7-12-14(19)16(8-13(17)18)15(20)21-12/h3-7,9H,8H2,1-2H3,(H,17,18)/p-1/b12-7-. The minimum absolute atomic E-state index is 0.245. The van der Waals surface area contributed by atoms with Crippen molar-refractivity contribution in [2.24, 2.45) is 0 Å². The van der Waals surface area contributed by atoms with Crippen LogP contribution in [0.5, 0.6) is 0 Å². The van der Waals surface area contributed by atoms with Crippen molar-refractivity contribution in [3.63, 3.8) is 0 Å². The van der Waals surface area contributed by atoms with E-state index in [4.69, 9.17) is 12.2 Å². The van der Waals surface area contributed by atoms with Gasteiger partial charge >= 0.3 is 0 Å². The molecule has 1 aromatic rings. The highest BCUT2D eigenvalue weighted by atomic mass is 32.2. The third-order valence-electron chi connectivity index (χ3n) is 3.06. The molecule has 6 heteroatoms. The van der Waals surface area contributed by atoms with Crippen molar-refractivity contribution in [1.29, 1.82) is 0 Å². The van der Waals surface area contributed by atoms with E-state index in [-0.39, 0.29) is 10.2 Å². The van der Waals surface area contributed by atoms with Crippen LogP contribution in [0.1, 0.15) is 30.9 Å². The second-order valence-electron chi connectivity index (χ2n) is 4.96. The quantitative estimate of drug-likeness (QED) is 0.625. The molecule has 1 amide bonds. The Morgan fingerprint density at radius 1 is 1.38 bits per heavy atom. The van der Waals surface area contributed by atoms with Crippen molar-refractivity contribution < 1.29 is 14.7 Å². The predicted octanol–water partition coefficient (Wildman–Crippen LogP) is 1.76. The molecule has 0 spiro atoms. The molecule has 0 N–H and O–H groups in total. The van der Waals surface area contributed by atoms with Crippen molar-refractivity contribution in [2.75, 3.05) is 6.54 Å². The van der Waals surface area contributed by atoms with Crippen LogP contribution in [0.4, 0.5) is 0 Å². The summed E-state index contributed by atoms with van der Waals surface area (Å²) >= 11 is 6.13. The summed E-state index contributed by atoms with van der Waals surface area (Å²) in [7, 11) is 0. The number of carbonyl (C=O) groups excluding carboxylic acids is 2. The Kier molecular flexibility index (Phi) is 4.80. The monoisotopic (exact) mass is 320 g/mol. The lowest BCUT2D eigenvalue weighted by atomic mass is 10.0. The molecule has 1 aliphatic rings. The summed E-state index contributed by atoms with van der Waals surface area (Å²) in [6.45, 7) is 3.72. The molecule has 0 atom stereocenters. The number of rotatable bonds is 4. The highest BCUT2D eigenvalue weighted by Crippen LogP contribution is 2.32. The third-order valence-corrected chi connectivity index (χ3v) is 4.44. The smallest absolute Gasteiger partial charge is 0.266 e. The molecule has 1 saturated heterocycles. The number of aliphatic carboxylic acids is 1. The van der Waals surface area contributed by atoms with Crippen LogP contribution >= 0.6 is 24.0 Å². The summed E-state index contributed by atoms with van der Waals surface area (Å²) in [6.07, 6.45) is 1.72. The van der Waals surface area contributed by atoms with Gasteiger partial charge in [-0.3, -0.25) is 9.69 Å². The van der Waals surface area contributed by atoms with Gasteiger partial charge in [0, 0.05) is 0 Å². The summed E-state index contributed by atoms with van der Waals surface area (Å²) in [5, 5.41) is 10.6. The highest BCUT2D eigenvalue weighted by molar-refractivity contribution is 8.26. The first-order valence-electron chi connectivity index (χ1n) is 6.43. The van der Waals surface area contributed by atoms with E-state index in [9.17, 15) is 14.7 Å². The van der Waals surface area contributed by atoms with Gasteiger partial charge in [0.15, 0.2) is 0 Å². The molecule has 1 fully saturated rings. The van der Waals surface area contributed by atoms with Crippen LogP contribution in [0.3, 0.4) is 0 Å². The zero-order valence-electron chi connectivity index (χ0n) is 11.7. The van der Waals surface area contributed by atoms with Crippen LogP contribution in [-0.4, -0.2) is 27.6 Å². The minimum atomic E-state index is -1.33. The zero-order valence-corrected chi connectivity index (χ0v) is 13.3. The molecule has 21 heavy (non-hydrogen) atoms. The van der Waals surface area contributed by atoms with E-state index in [0.717, 1.165) is 22.2 Å². The maximum atomic E-state index is 12.1. The van der Waals surface area contributed by atoms with Crippen molar-refractivity contribution >= 4 is 46.3 Å². The molecule has 0 aliphatic carbocycles. The molecule has 4 nitrogen and oxygen atoms in total. The van der Waals surface area contributed by atoms with Gasteiger partial charge in [0.2, 0.25) is 0 Å². The van der Waals surface area contributed by atoms with E-state index in [0.29, 0.717) is 10.8 Å². The van der Waals surface area contributed by atoms with Gasteiger partial charge in [-0.2, -0.15) is 0 Å². The van der Waals surface area contributed by atoms with E-state index in [1.165, 1.54) is 5.56 Å². The Labute approximate surface area is 132 Å². The molecule has 1 heterocycles. The van der Waals surface area contributed by atoms with Gasteiger partial charge in [-0.05, 0) is 23.1 Å². The van der Waals surface area contributed by atoms with Crippen LogP contribution in [-0.2, 0) is 9.59 Å². The number of carbonyl (C=O) groups is 2. The van der Waals surface area contributed by atoms with Crippen LogP contribution in [0, 0.1) is 0 Å². The Morgan fingerprint density at radius 3 is 2.52 bits per heavy atom. The predicted molar refractivity (Wildman–Crippen MR) is 85.4 cm³/mol. The molecule has 1 aromatic carbocycles. The van der Waals surface area contributed by atoms with Gasteiger partial charge in [0.1, 0.15) is 4.32 Å². The van der Waals surface area contributed by atoms with Crippen molar-refractivity contribution in [3.05, 3.63) is 40.3 Å². The average Bonchev–Trinajstić information content (AvgIpc) is 2.67. The fourth-order valence-electron chi connectivity index (χ4n) is 1.89. The Hall–Kier alpha value is -1.66. The fourth-order valence-corrected chi connectivity index (χ4v) is 3.15. The van der Waals surface area contributed by atoms with Crippen molar-refractivity contribution in [2.45, 2.75) is 19.8 Å². The molecular formula is C15H14NO3S2-. The first-order chi connectivity index (χ1) is 9.88. The fraction of sp³-hybridized carbons (Fsp3) is 0.267. The number of hydrogen-bond donors (Lipinski definition) is 0. The average molecular weight is 320 g/mol.